The highest BCUT2D eigenvalue weighted by atomic mass is 35.5. The molecule has 0 aliphatic heterocycles. The lowest BCUT2D eigenvalue weighted by molar-refractivity contribution is -0.142. The van der Waals surface area contributed by atoms with Crippen molar-refractivity contribution in [1.82, 2.24) is 0 Å². The Balaban J connectivity index is 2.94. The van der Waals surface area contributed by atoms with Crippen LogP contribution in [0.4, 0.5) is 0 Å². The van der Waals surface area contributed by atoms with Gasteiger partial charge in [0, 0.05) is 6.07 Å². The smallest absolute Gasteiger partial charge is 0.310 e. The summed E-state index contributed by atoms with van der Waals surface area (Å²) in [7, 11) is 1.52. The number of rotatable bonds is 4. The minimum atomic E-state index is -0.339. The average molecular weight is 263 g/mol. The third-order valence-electron chi connectivity index (χ3n) is 1.95. The van der Waals surface area contributed by atoms with Crippen molar-refractivity contribution in [1.29, 1.82) is 0 Å². The van der Waals surface area contributed by atoms with E-state index in [4.69, 9.17) is 32.7 Å². The second kappa shape index (κ2) is 5.97. The van der Waals surface area contributed by atoms with Crippen molar-refractivity contribution in [3.05, 3.63) is 27.7 Å². The zero-order valence-corrected chi connectivity index (χ0v) is 10.6. The van der Waals surface area contributed by atoms with Gasteiger partial charge in [-0.2, -0.15) is 0 Å². The highest BCUT2D eigenvalue weighted by molar-refractivity contribution is 6.42. The molecule has 0 spiro atoms. The van der Waals surface area contributed by atoms with Gasteiger partial charge in [0.15, 0.2) is 0 Å². The fourth-order valence-electron chi connectivity index (χ4n) is 1.23. The first kappa shape index (κ1) is 13.1. The fraction of sp³-hybridized carbons (Fsp3) is 0.364. The van der Waals surface area contributed by atoms with E-state index < -0.39 is 0 Å². The third kappa shape index (κ3) is 3.29. The second-order valence-electron chi connectivity index (χ2n) is 3.06. The number of carbonyl (C=O) groups is 1. The van der Waals surface area contributed by atoms with Crippen LogP contribution >= 0.6 is 23.2 Å². The predicted molar refractivity (Wildman–Crippen MR) is 63.4 cm³/mol. The Hall–Kier alpha value is -0.930. The number of ether oxygens (including phenoxy) is 2. The van der Waals surface area contributed by atoms with Crippen LogP contribution in [0.3, 0.4) is 0 Å². The van der Waals surface area contributed by atoms with E-state index in [1.54, 1.807) is 19.1 Å². The summed E-state index contributed by atoms with van der Waals surface area (Å²) in [5.74, 6) is 0.224. The molecule has 88 valence electrons. The van der Waals surface area contributed by atoms with Gasteiger partial charge in [-0.3, -0.25) is 4.79 Å². The third-order valence-corrected chi connectivity index (χ3v) is 2.79. The largest absolute Gasteiger partial charge is 0.497 e. The molecule has 1 aromatic carbocycles. The van der Waals surface area contributed by atoms with Gasteiger partial charge in [-0.05, 0) is 18.6 Å². The van der Waals surface area contributed by atoms with E-state index in [0.29, 0.717) is 28.0 Å². The Kier molecular flexibility index (Phi) is 4.90. The summed E-state index contributed by atoms with van der Waals surface area (Å²) in [4.78, 5) is 11.3. The molecule has 0 unspecified atom stereocenters. The maximum Gasteiger partial charge on any atom is 0.310 e. The molecular weight excluding hydrogens is 251 g/mol. The van der Waals surface area contributed by atoms with Crippen molar-refractivity contribution in [2.75, 3.05) is 13.7 Å². The van der Waals surface area contributed by atoms with Gasteiger partial charge in [0.25, 0.3) is 0 Å². The molecular formula is C11H12Cl2O3. The van der Waals surface area contributed by atoms with Gasteiger partial charge in [-0.25, -0.2) is 0 Å². The van der Waals surface area contributed by atoms with Crippen molar-refractivity contribution in [2.45, 2.75) is 13.3 Å². The highest BCUT2D eigenvalue weighted by Gasteiger charge is 2.12. The van der Waals surface area contributed by atoms with Gasteiger partial charge in [-0.1, -0.05) is 23.2 Å². The van der Waals surface area contributed by atoms with E-state index in [9.17, 15) is 4.79 Å². The topological polar surface area (TPSA) is 35.5 Å². The SMILES string of the molecule is CCOC(=O)Cc1cc(OC)cc(Cl)c1Cl. The molecule has 0 radical (unpaired) electrons. The molecule has 16 heavy (non-hydrogen) atoms. The number of methoxy groups -OCH3 is 1. The Morgan fingerprint density at radius 2 is 2.06 bits per heavy atom. The lowest BCUT2D eigenvalue weighted by atomic mass is 10.1. The van der Waals surface area contributed by atoms with Crippen LogP contribution in [0.5, 0.6) is 5.75 Å². The summed E-state index contributed by atoms with van der Waals surface area (Å²) in [5, 5.41) is 0.718. The minimum absolute atomic E-state index is 0.0869. The van der Waals surface area contributed by atoms with E-state index in [0.717, 1.165) is 0 Å². The normalized spacial score (nSPS) is 10.0. The van der Waals surface area contributed by atoms with Crippen LogP contribution in [-0.4, -0.2) is 19.7 Å². The molecule has 5 heteroatoms. The second-order valence-corrected chi connectivity index (χ2v) is 3.85. The van der Waals surface area contributed by atoms with Crippen molar-refractivity contribution in [2.24, 2.45) is 0 Å². The number of halogens is 2. The maximum absolute atomic E-state index is 11.3. The molecule has 0 N–H and O–H groups in total. The molecule has 0 aliphatic rings. The Bertz CT molecular complexity index is 391. The van der Waals surface area contributed by atoms with Crippen LogP contribution < -0.4 is 4.74 Å². The molecule has 1 aromatic rings. The molecule has 0 aliphatic carbocycles. The monoisotopic (exact) mass is 262 g/mol. The predicted octanol–water partition coefficient (Wildman–Crippen LogP) is 3.11. The van der Waals surface area contributed by atoms with Crippen molar-refractivity contribution < 1.29 is 14.3 Å². The molecule has 0 heterocycles. The zero-order chi connectivity index (χ0) is 12.1. The molecule has 1 rings (SSSR count). The van der Waals surface area contributed by atoms with Crippen molar-refractivity contribution >= 4 is 29.2 Å². The van der Waals surface area contributed by atoms with Gasteiger partial charge in [0.2, 0.25) is 0 Å². The van der Waals surface area contributed by atoms with Crippen molar-refractivity contribution in [3.8, 4) is 5.75 Å². The van der Waals surface area contributed by atoms with Crippen LogP contribution in [-0.2, 0) is 16.0 Å². The summed E-state index contributed by atoms with van der Waals surface area (Å²) in [6, 6.07) is 3.27. The standard InChI is InChI=1S/C11H12Cl2O3/c1-3-16-10(14)5-7-4-8(15-2)6-9(12)11(7)13/h4,6H,3,5H2,1-2H3. The Labute approximate surface area is 104 Å². The number of esters is 1. The molecule has 0 saturated carbocycles. The zero-order valence-electron chi connectivity index (χ0n) is 9.05. The van der Waals surface area contributed by atoms with E-state index in [1.807, 2.05) is 0 Å². The fourth-order valence-corrected chi connectivity index (χ4v) is 1.64. The molecule has 0 amide bonds. The molecule has 0 aromatic heterocycles. The summed E-state index contributed by atoms with van der Waals surface area (Å²) in [6.07, 6.45) is 0.0869. The molecule has 0 atom stereocenters. The lowest BCUT2D eigenvalue weighted by Crippen LogP contribution is -2.08. The quantitative estimate of drug-likeness (QED) is 0.783. The van der Waals surface area contributed by atoms with Gasteiger partial charge in [0.1, 0.15) is 5.75 Å². The maximum atomic E-state index is 11.3. The first-order valence-electron chi connectivity index (χ1n) is 4.76. The highest BCUT2D eigenvalue weighted by Crippen LogP contribution is 2.31. The van der Waals surface area contributed by atoms with Crippen LogP contribution in [0.15, 0.2) is 12.1 Å². The summed E-state index contributed by atoms with van der Waals surface area (Å²) in [5.41, 5.74) is 0.601. The van der Waals surface area contributed by atoms with E-state index in [2.05, 4.69) is 0 Å². The summed E-state index contributed by atoms with van der Waals surface area (Å²) >= 11 is 11.9. The Morgan fingerprint density at radius 3 is 2.62 bits per heavy atom. The first-order valence-corrected chi connectivity index (χ1v) is 5.51. The number of hydrogen-bond donors (Lipinski definition) is 0. The van der Waals surface area contributed by atoms with Gasteiger partial charge >= 0.3 is 5.97 Å². The number of benzene rings is 1. The van der Waals surface area contributed by atoms with E-state index in [-0.39, 0.29) is 12.4 Å². The molecule has 0 fully saturated rings. The first-order chi connectivity index (χ1) is 7.58. The van der Waals surface area contributed by atoms with Gasteiger partial charge < -0.3 is 9.47 Å². The summed E-state index contributed by atoms with van der Waals surface area (Å²) < 4.78 is 9.87. The average Bonchev–Trinajstić information content (AvgIpc) is 2.24. The summed E-state index contributed by atoms with van der Waals surface area (Å²) in [6.45, 7) is 2.09. The van der Waals surface area contributed by atoms with E-state index in [1.165, 1.54) is 7.11 Å². The Morgan fingerprint density at radius 1 is 1.38 bits per heavy atom. The lowest BCUT2D eigenvalue weighted by Gasteiger charge is -2.08. The molecule has 0 bridgehead atoms. The minimum Gasteiger partial charge on any atom is -0.497 e. The number of hydrogen-bond acceptors (Lipinski definition) is 3. The van der Waals surface area contributed by atoms with Gasteiger partial charge in [0.05, 0.1) is 30.2 Å². The number of carbonyl (C=O) groups excluding carboxylic acids is 1. The molecule has 0 saturated heterocycles. The van der Waals surface area contributed by atoms with E-state index >= 15 is 0 Å². The van der Waals surface area contributed by atoms with Crippen LogP contribution in [0.2, 0.25) is 10.0 Å². The van der Waals surface area contributed by atoms with Crippen LogP contribution in [0.25, 0.3) is 0 Å². The molecule has 3 nitrogen and oxygen atoms in total. The van der Waals surface area contributed by atoms with Gasteiger partial charge in [-0.15, -0.1) is 0 Å². The van der Waals surface area contributed by atoms with Crippen LogP contribution in [0, 0.1) is 0 Å². The van der Waals surface area contributed by atoms with Crippen LogP contribution in [0.1, 0.15) is 12.5 Å². The van der Waals surface area contributed by atoms with Crippen molar-refractivity contribution in [3.63, 3.8) is 0 Å².